The van der Waals surface area contributed by atoms with Gasteiger partial charge in [0.05, 0.1) is 12.7 Å². The average Bonchev–Trinajstić information content (AvgIpc) is 2.12. The molecule has 0 aliphatic carbocycles. The van der Waals surface area contributed by atoms with Gasteiger partial charge in [0.25, 0.3) is 0 Å². The summed E-state index contributed by atoms with van der Waals surface area (Å²) in [5.74, 6) is 0. The molecule has 1 rings (SSSR count). The molecular formula is C13H24N2O3. The van der Waals surface area contributed by atoms with Crippen LogP contribution in [0.2, 0.25) is 0 Å². The second-order valence-corrected chi connectivity index (χ2v) is 6.03. The molecule has 0 atom stereocenters. The number of amides is 2. The Kier molecular flexibility index (Phi) is 4.40. The summed E-state index contributed by atoms with van der Waals surface area (Å²) in [5.41, 5.74) is 1.59. The highest BCUT2D eigenvalue weighted by atomic mass is 16.7. The van der Waals surface area contributed by atoms with Crippen LogP contribution in [0.5, 0.6) is 0 Å². The maximum atomic E-state index is 12.2. The maximum absolute atomic E-state index is 12.2. The Balaban J connectivity index is 2.81. The zero-order chi connectivity index (χ0) is 14.0. The van der Waals surface area contributed by atoms with Gasteiger partial charge in [-0.15, -0.1) is 6.58 Å². The molecule has 1 fully saturated rings. The molecule has 1 aliphatic heterocycles. The first-order valence-corrected chi connectivity index (χ1v) is 6.22. The number of likely N-dealkylation sites (tertiary alicyclic amines) is 1. The molecule has 104 valence electrons. The van der Waals surface area contributed by atoms with E-state index in [1.807, 2.05) is 27.7 Å². The molecule has 5 nitrogen and oxygen atoms in total. The minimum absolute atomic E-state index is 0.267. The van der Waals surface area contributed by atoms with E-state index in [0.29, 0.717) is 12.8 Å². The number of urea groups is 1. The largest absolute Gasteiger partial charge is 0.393 e. The van der Waals surface area contributed by atoms with Gasteiger partial charge in [0.1, 0.15) is 0 Å². The van der Waals surface area contributed by atoms with Crippen LogP contribution >= 0.6 is 0 Å². The number of nitrogens with zero attached hydrogens (tertiary/aromatic N) is 1. The summed E-state index contributed by atoms with van der Waals surface area (Å²) in [6, 6.07) is -0.279. The Morgan fingerprint density at radius 3 is 2.39 bits per heavy atom. The molecule has 1 aliphatic rings. The van der Waals surface area contributed by atoms with Crippen molar-refractivity contribution in [1.82, 2.24) is 10.4 Å². The fourth-order valence-electron chi connectivity index (χ4n) is 2.99. The van der Waals surface area contributed by atoms with Crippen molar-refractivity contribution >= 4 is 6.03 Å². The van der Waals surface area contributed by atoms with Gasteiger partial charge in [-0.3, -0.25) is 4.84 Å². The monoisotopic (exact) mass is 256 g/mol. The van der Waals surface area contributed by atoms with Crippen molar-refractivity contribution in [2.45, 2.75) is 57.7 Å². The highest BCUT2D eigenvalue weighted by Gasteiger charge is 2.47. The van der Waals surface area contributed by atoms with Crippen LogP contribution in [0.15, 0.2) is 12.7 Å². The van der Waals surface area contributed by atoms with Crippen molar-refractivity contribution in [3.63, 3.8) is 0 Å². The molecule has 18 heavy (non-hydrogen) atoms. The lowest BCUT2D eigenvalue weighted by Gasteiger charge is -2.53. The highest BCUT2D eigenvalue weighted by Crippen LogP contribution is 2.38. The first kappa shape index (κ1) is 15.0. The van der Waals surface area contributed by atoms with Crippen LogP contribution in [-0.2, 0) is 4.84 Å². The van der Waals surface area contributed by atoms with Gasteiger partial charge in [0, 0.05) is 11.1 Å². The number of aliphatic hydroxyl groups is 1. The van der Waals surface area contributed by atoms with Gasteiger partial charge in [0.15, 0.2) is 0 Å². The average molecular weight is 256 g/mol. The van der Waals surface area contributed by atoms with Crippen LogP contribution in [0.1, 0.15) is 40.5 Å². The lowest BCUT2D eigenvalue weighted by molar-refractivity contribution is -0.0623. The lowest BCUT2D eigenvalue weighted by atomic mass is 9.78. The Bertz CT molecular complexity index is 308. The van der Waals surface area contributed by atoms with Crippen LogP contribution in [0, 0.1) is 0 Å². The van der Waals surface area contributed by atoms with Crippen LogP contribution in [0.4, 0.5) is 4.79 Å². The number of carbonyl (C=O) groups is 1. The van der Waals surface area contributed by atoms with Gasteiger partial charge in [-0.1, -0.05) is 6.08 Å². The number of nitrogens with one attached hydrogen (secondary N) is 1. The summed E-state index contributed by atoms with van der Waals surface area (Å²) in [6.07, 6.45) is 2.31. The Hall–Kier alpha value is -1.07. The van der Waals surface area contributed by atoms with Gasteiger partial charge in [0.2, 0.25) is 0 Å². The van der Waals surface area contributed by atoms with E-state index < -0.39 is 11.1 Å². The van der Waals surface area contributed by atoms with E-state index in [9.17, 15) is 9.90 Å². The van der Waals surface area contributed by atoms with E-state index >= 15 is 0 Å². The highest BCUT2D eigenvalue weighted by molar-refractivity contribution is 5.75. The SMILES string of the molecule is C=CCONC(=O)N1C(C)(C)CC(O)CC1(C)C. The molecule has 0 aromatic heterocycles. The van der Waals surface area contributed by atoms with Crippen LogP contribution in [0.25, 0.3) is 0 Å². The molecule has 2 N–H and O–H groups in total. The first-order valence-electron chi connectivity index (χ1n) is 6.22. The molecular weight excluding hydrogens is 232 g/mol. The predicted octanol–water partition coefficient (Wildman–Crippen LogP) is 1.83. The molecule has 1 heterocycles. The van der Waals surface area contributed by atoms with Crippen LogP contribution in [0.3, 0.4) is 0 Å². The minimum atomic E-state index is -0.414. The number of rotatable bonds is 3. The fraction of sp³-hybridized carbons (Fsp3) is 0.769. The zero-order valence-corrected chi connectivity index (χ0v) is 11.7. The predicted molar refractivity (Wildman–Crippen MR) is 69.9 cm³/mol. The third-order valence-electron chi connectivity index (χ3n) is 3.24. The molecule has 0 saturated carbocycles. The second kappa shape index (κ2) is 5.28. The number of hydroxylamine groups is 1. The lowest BCUT2D eigenvalue weighted by Crippen LogP contribution is -2.65. The van der Waals surface area contributed by atoms with Crippen molar-refractivity contribution in [3.05, 3.63) is 12.7 Å². The van der Waals surface area contributed by atoms with Gasteiger partial charge >= 0.3 is 6.03 Å². The van der Waals surface area contributed by atoms with E-state index in [1.54, 1.807) is 11.0 Å². The molecule has 0 bridgehead atoms. The Morgan fingerprint density at radius 2 is 1.94 bits per heavy atom. The molecule has 0 unspecified atom stereocenters. The smallest absolute Gasteiger partial charge is 0.342 e. The zero-order valence-electron chi connectivity index (χ0n) is 11.7. The van der Waals surface area contributed by atoms with Crippen molar-refractivity contribution < 1.29 is 14.7 Å². The number of aliphatic hydroxyl groups excluding tert-OH is 1. The van der Waals surface area contributed by atoms with Gasteiger partial charge in [-0.25, -0.2) is 10.3 Å². The molecule has 1 saturated heterocycles. The van der Waals surface area contributed by atoms with E-state index in [1.165, 1.54) is 0 Å². The third kappa shape index (κ3) is 3.23. The molecule has 5 heteroatoms. The number of piperidine rings is 1. The molecule has 0 aromatic carbocycles. The molecule has 0 aromatic rings. The summed E-state index contributed by atoms with van der Waals surface area (Å²) in [7, 11) is 0. The van der Waals surface area contributed by atoms with E-state index in [2.05, 4.69) is 12.1 Å². The van der Waals surface area contributed by atoms with Gasteiger partial charge in [-0.05, 0) is 40.5 Å². The molecule has 0 spiro atoms. The fourth-order valence-corrected chi connectivity index (χ4v) is 2.99. The summed E-state index contributed by atoms with van der Waals surface area (Å²) in [4.78, 5) is 18.9. The van der Waals surface area contributed by atoms with E-state index in [4.69, 9.17) is 4.84 Å². The van der Waals surface area contributed by atoms with Crippen molar-refractivity contribution in [2.24, 2.45) is 0 Å². The van der Waals surface area contributed by atoms with Crippen molar-refractivity contribution in [1.29, 1.82) is 0 Å². The summed E-state index contributed by atoms with van der Waals surface area (Å²) >= 11 is 0. The maximum Gasteiger partial charge on any atom is 0.342 e. The topological polar surface area (TPSA) is 61.8 Å². The second-order valence-electron chi connectivity index (χ2n) is 6.03. The van der Waals surface area contributed by atoms with Crippen molar-refractivity contribution in [3.8, 4) is 0 Å². The normalized spacial score (nSPS) is 22.6. The molecule has 0 radical (unpaired) electrons. The Morgan fingerprint density at radius 1 is 1.44 bits per heavy atom. The summed E-state index contributed by atoms with van der Waals surface area (Å²) in [6.45, 7) is 11.6. The van der Waals surface area contributed by atoms with Crippen LogP contribution in [-0.4, -0.2) is 39.8 Å². The Labute approximate surface area is 109 Å². The first-order chi connectivity index (χ1) is 8.20. The third-order valence-corrected chi connectivity index (χ3v) is 3.24. The quantitative estimate of drug-likeness (QED) is 0.460. The minimum Gasteiger partial charge on any atom is -0.393 e. The van der Waals surface area contributed by atoms with Gasteiger partial charge in [-0.2, -0.15) is 0 Å². The summed E-state index contributed by atoms with van der Waals surface area (Å²) in [5, 5.41) is 9.89. The van der Waals surface area contributed by atoms with Gasteiger partial charge < -0.3 is 10.0 Å². The van der Waals surface area contributed by atoms with E-state index in [-0.39, 0.29) is 18.7 Å². The van der Waals surface area contributed by atoms with Crippen molar-refractivity contribution in [2.75, 3.05) is 6.61 Å². The number of carbonyl (C=O) groups excluding carboxylic acids is 1. The number of hydrogen-bond donors (Lipinski definition) is 2. The standard InChI is InChI=1S/C13H24N2O3/c1-6-7-18-14-11(17)15-12(2,3)8-10(16)9-13(15,4)5/h6,10,16H,1,7-9H2,2-5H3,(H,14,17). The van der Waals surface area contributed by atoms with E-state index in [0.717, 1.165) is 0 Å². The molecule has 2 amide bonds. The van der Waals surface area contributed by atoms with Crippen LogP contribution < -0.4 is 5.48 Å². The summed E-state index contributed by atoms with van der Waals surface area (Å²) < 4.78 is 0. The number of hydrogen-bond acceptors (Lipinski definition) is 3.